The molecule has 0 aliphatic carbocycles. The summed E-state index contributed by atoms with van der Waals surface area (Å²) in [7, 11) is 2.13. The number of fused-ring (bicyclic) bond motifs is 2. The van der Waals surface area contributed by atoms with E-state index in [1.54, 1.807) is 0 Å². The first-order valence-electron chi connectivity index (χ1n) is 8.91. The topological polar surface area (TPSA) is 28.8 Å². The van der Waals surface area contributed by atoms with E-state index in [0.717, 1.165) is 10.2 Å². The molecule has 0 bridgehead atoms. The first-order chi connectivity index (χ1) is 13.6. The molecule has 5 aromatic rings. The van der Waals surface area contributed by atoms with Crippen molar-refractivity contribution in [3.8, 4) is 0 Å². The second kappa shape index (κ2) is 8.31. The van der Waals surface area contributed by atoms with Gasteiger partial charge in [0.1, 0.15) is 12.6 Å². The number of benzene rings is 3. The normalized spacial score (nSPS) is 12.0. The Hall–Kier alpha value is -2.41. The van der Waals surface area contributed by atoms with Crippen molar-refractivity contribution in [3.05, 3.63) is 81.8 Å². The maximum absolute atomic E-state index is 3.95. The van der Waals surface area contributed by atoms with Gasteiger partial charge in [-0.3, -0.25) is 0 Å². The molecule has 0 radical (unpaired) electrons. The van der Waals surface area contributed by atoms with Crippen LogP contribution in [0, 0.1) is 13.8 Å². The molecule has 28 heavy (non-hydrogen) atoms. The van der Waals surface area contributed by atoms with E-state index in [-0.39, 0.29) is 0 Å². The van der Waals surface area contributed by atoms with Crippen molar-refractivity contribution < 1.29 is 0 Å². The van der Waals surface area contributed by atoms with Gasteiger partial charge in [-0.2, -0.15) is 4.58 Å². The van der Waals surface area contributed by atoms with Crippen LogP contribution < -0.4 is 8.56 Å². The number of hydrogen-bond acceptors (Lipinski definition) is 5. The highest BCUT2D eigenvalue weighted by molar-refractivity contribution is 7.35. The quantitative estimate of drug-likeness (QED) is 0.310. The standard InChI is InChI=1S/C15H14NS2.C7H6N2S/c1-11-8-9-13-14(10-11)18-15(17-13)16(2)12-6-4-3-5-7-12;1-5-2-3-7-6(4-5)8-9-10-7/h3-10H,1-2H3;2-4H,1H3/q+1;. The van der Waals surface area contributed by atoms with Crippen molar-refractivity contribution in [1.29, 1.82) is 0 Å². The summed E-state index contributed by atoms with van der Waals surface area (Å²) < 4.78 is 11.3. The summed E-state index contributed by atoms with van der Waals surface area (Å²) in [5, 5.41) is 3.95. The van der Waals surface area contributed by atoms with Gasteiger partial charge >= 0.3 is 3.98 Å². The molecule has 0 N–H and O–H groups in total. The van der Waals surface area contributed by atoms with Crippen LogP contribution in [0.2, 0.25) is 0 Å². The molecule has 0 aliphatic rings. The fourth-order valence-electron chi connectivity index (χ4n) is 2.77. The van der Waals surface area contributed by atoms with Crippen LogP contribution in [0.1, 0.15) is 11.1 Å². The predicted octanol–water partition coefficient (Wildman–Crippen LogP) is 6.00. The Morgan fingerprint density at radius 1 is 0.750 bits per heavy atom. The minimum absolute atomic E-state index is 1.00. The van der Waals surface area contributed by atoms with Crippen LogP contribution in [0.3, 0.4) is 0 Å². The van der Waals surface area contributed by atoms with Crippen LogP contribution in [0.4, 0.5) is 5.69 Å². The zero-order chi connectivity index (χ0) is 19.5. The number of para-hydroxylation sites is 1. The third-order valence-corrected chi connectivity index (χ3v) is 7.68. The van der Waals surface area contributed by atoms with E-state index >= 15 is 0 Å². The van der Waals surface area contributed by atoms with E-state index in [9.17, 15) is 0 Å². The number of nitrogens with zero attached hydrogens (tertiary/aromatic N) is 3. The molecular weight excluding hydrogens is 402 g/mol. The van der Waals surface area contributed by atoms with E-state index in [0.29, 0.717) is 0 Å². The fraction of sp³-hybridized carbons (Fsp3) is 0.136. The number of rotatable bonds is 1. The number of aryl methyl sites for hydroxylation is 2. The van der Waals surface area contributed by atoms with Crippen molar-refractivity contribution in [3.63, 3.8) is 0 Å². The van der Waals surface area contributed by atoms with Crippen LogP contribution in [-0.2, 0) is 0 Å². The molecular formula is C22H20N3S3+. The zero-order valence-corrected chi connectivity index (χ0v) is 18.4. The lowest BCUT2D eigenvalue weighted by atomic mass is 10.2. The molecule has 0 atom stereocenters. The Morgan fingerprint density at radius 2 is 1.43 bits per heavy atom. The van der Waals surface area contributed by atoms with E-state index in [1.807, 2.05) is 28.7 Å². The molecule has 0 amide bonds. The van der Waals surface area contributed by atoms with Crippen LogP contribution in [0.15, 0.2) is 66.7 Å². The molecule has 0 fully saturated rings. The number of aromatic nitrogens is 2. The average Bonchev–Trinajstić information content (AvgIpc) is 3.34. The molecule has 2 heterocycles. The predicted molar refractivity (Wildman–Crippen MR) is 124 cm³/mol. The van der Waals surface area contributed by atoms with Crippen molar-refractivity contribution >= 4 is 59.5 Å². The monoisotopic (exact) mass is 422 g/mol. The molecule has 3 aromatic carbocycles. The van der Waals surface area contributed by atoms with Crippen molar-refractivity contribution in [2.24, 2.45) is 0 Å². The van der Waals surface area contributed by atoms with Crippen LogP contribution >= 0.6 is 34.2 Å². The summed E-state index contributed by atoms with van der Waals surface area (Å²) in [6, 6.07) is 23.3. The second-order valence-corrected chi connectivity index (χ2v) is 9.66. The third kappa shape index (κ3) is 4.19. The molecule has 0 saturated carbocycles. The first kappa shape index (κ1) is 18.9. The van der Waals surface area contributed by atoms with Crippen molar-refractivity contribution in [1.82, 2.24) is 14.2 Å². The molecule has 0 unspecified atom stereocenters. The van der Waals surface area contributed by atoms with Gasteiger partial charge in [-0.15, -0.1) is 5.10 Å². The van der Waals surface area contributed by atoms with Gasteiger partial charge in [0, 0.05) is 12.1 Å². The van der Waals surface area contributed by atoms with Crippen molar-refractivity contribution in [2.75, 3.05) is 7.05 Å². The summed E-state index contributed by atoms with van der Waals surface area (Å²) in [6.45, 7) is 4.20. The van der Waals surface area contributed by atoms with Gasteiger partial charge in [0.15, 0.2) is 0 Å². The van der Waals surface area contributed by atoms with Gasteiger partial charge in [0.05, 0.1) is 14.1 Å². The molecule has 0 spiro atoms. The lowest BCUT2D eigenvalue weighted by Crippen LogP contribution is -2.14. The van der Waals surface area contributed by atoms with Crippen LogP contribution in [0.25, 0.3) is 19.6 Å². The van der Waals surface area contributed by atoms with E-state index in [2.05, 4.69) is 95.7 Å². The lowest BCUT2D eigenvalue weighted by Gasteiger charge is -1.91. The van der Waals surface area contributed by atoms with E-state index < -0.39 is 0 Å². The summed E-state index contributed by atoms with van der Waals surface area (Å²) in [5.74, 6) is 0. The minimum atomic E-state index is 1.00. The SMILES string of the molecule is Cc1ccc2sc(=[N+](C)c3ccccc3)sc2c1.Cc1ccc2snnc2c1. The lowest BCUT2D eigenvalue weighted by molar-refractivity contribution is 0.931. The highest BCUT2D eigenvalue weighted by Crippen LogP contribution is 2.22. The van der Waals surface area contributed by atoms with Crippen molar-refractivity contribution in [2.45, 2.75) is 13.8 Å². The zero-order valence-electron chi connectivity index (χ0n) is 15.9. The highest BCUT2D eigenvalue weighted by Gasteiger charge is 2.08. The van der Waals surface area contributed by atoms with Gasteiger partial charge in [-0.25, -0.2) is 0 Å². The molecule has 0 aliphatic heterocycles. The molecule has 0 saturated heterocycles. The fourth-order valence-corrected chi connectivity index (χ4v) is 5.84. The van der Waals surface area contributed by atoms with Gasteiger partial charge in [-0.05, 0) is 60.8 Å². The summed E-state index contributed by atoms with van der Waals surface area (Å²) in [6.07, 6.45) is 0. The van der Waals surface area contributed by atoms with E-state index in [4.69, 9.17) is 0 Å². The van der Waals surface area contributed by atoms with Crippen LogP contribution in [0.5, 0.6) is 0 Å². The Labute approximate surface area is 176 Å². The first-order valence-corrected chi connectivity index (χ1v) is 11.3. The number of hydrogen-bond donors (Lipinski definition) is 0. The Morgan fingerprint density at radius 3 is 2.21 bits per heavy atom. The third-order valence-electron chi connectivity index (χ3n) is 4.31. The average molecular weight is 423 g/mol. The van der Waals surface area contributed by atoms with Gasteiger partial charge in [-0.1, -0.05) is 57.5 Å². The molecule has 3 nitrogen and oxygen atoms in total. The van der Waals surface area contributed by atoms with Gasteiger partial charge in [0.2, 0.25) is 5.69 Å². The van der Waals surface area contributed by atoms with Gasteiger partial charge in [0.25, 0.3) is 0 Å². The maximum atomic E-state index is 3.95. The smallest absolute Gasteiger partial charge is 0.177 e. The Balaban J connectivity index is 0.000000162. The largest absolute Gasteiger partial charge is 0.320 e. The second-order valence-electron chi connectivity index (χ2n) is 6.56. The summed E-state index contributed by atoms with van der Waals surface area (Å²) >= 11 is 5.15. The summed E-state index contributed by atoms with van der Waals surface area (Å²) in [5.41, 5.74) is 4.80. The molecule has 140 valence electrons. The molecule has 5 rings (SSSR count). The molecule has 2 aromatic heterocycles. The maximum Gasteiger partial charge on any atom is 0.320 e. The van der Waals surface area contributed by atoms with Gasteiger partial charge < -0.3 is 0 Å². The van der Waals surface area contributed by atoms with E-state index in [1.165, 1.54) is 41.7 Å². The highest BCUT2D eigenvalue weighted by atomic mass is 32.2. The Kier molecular flexibility index (Phi) is 5.62. The minimum Gasteiger partial charge on any atom is -0.177 e. The van der Waals surface area contributed by atoms with Crippen LogP contribution in [-0.4, -0.2) is 16.6 Å². The Bertz CT molecular complexity index is 1300. The summed E-state index contributed by atoms with van der Waals surface area (Å²) in [4.78, 5) is 0. The molecule has 6 heteroatoms.